The molecule has 0 aliphatic carbocycles. The topological polar surface area (TPSA) is 44.7 Å². The van der Waals surface area contributed by atoms with E-state index < -0.39 is 5.60 Å². The van der Waals surface area contributed by atoms with Crippen LogP contribution in [0.3, 0.4) is 0 Å². The predicted octanol–water partition coefficient (Wildman–Crippen LogP) is 2.81. The average Bonchev–Trinajstić information content (AvgIpc) is 2.54. The van der Waals surface area contributed by atoms with E-state index in [9.17, 15) is 5.11 Å². The van der Waals surface area contributed by atoms with E-state index in [4.69, 9.17) is 4.74 Å². The number of rotatable bonds is 8. The highest BCUT2D eigenvalue weighted by molar-refractivity contribution is 5.48. The molecule has 0 radical (unpaired) electrons. The van der Waals surface area contributed by atoms with E-state index in [0.717, 1.165) is 64.1 Å². The lowest BCUT2D eigenvalue weighted by molar-refractivity contribution is 0.00460. The van der Waals surface area contributed by atoms with Gasteiger partial charge in [0.15, 0.2) is 0 Å². The molecule has 0 saturated carbocycles. The Morgan fingerprint density at radius 3 is 2.55 bits per heavy atom. The minimum atomic E-state index is -0.497. The molecule has 1 aliphatic rings. The number of ether oxygens (including phenoxy) is 1. The van der Waals surface area contributed by atoms with Crippen LogP contribution in [0.1, 0.15) is 39.0 Å². The number of benzene rings is 1. The van der Waals surface area contributed by atoms with Crippen LogP contribution in [0.5, 0.6) is 5.75 Å². The smallest absolute Gasteiger partial charge is 0.119 e. The molecule has 0 bridgehead atoms. The lowest BCUT2D eigenvalue weighted by atomic mass is 9.89. The van der Waals surface area contributed by atoms with Gasteiger partial charge in [-0.05, 0) is 63.0 Å². The van der Waals surface area contributed by atoms with Gasteiger partial charge in [0.2, 0.25) is 0 Å². The molecule has 0 amide bonds. The molecule has 124 valence electrons. The molecule has 4 heteroatoms. The fourth-order valence-corrected chi connectivity index (χ4v) is 2.78. The van der Waals surface area contributed by atoms with Gasteiger partial charge in [0.25, 0.3) is 0 Å². The molecular formula is C18H30N2O2. The third kappa shape index (κ3) is 5.18. The number of nitrogens with zero attached hydrogens (tertiary/aromatic N) is 1. The fourth-order valence-electron chi connectivity index (χ4n) is 2.78. The van der Waals surface area contributed by atoms with Crippen molar-refractivity contribution in [1.29, 1.82) is 0 Å². The number of piperidine rings is 1. The van der Waals surface area contributed by atoms with E-state index in [-0.39, 0.29) is 0 Å². The quantitative estimate of drug-likeness (QED) is 0.725. The summed E-state index contributed by atoms with van der Waals surface area (Å²) >= 11 is 0. The first-order valence-corrected chi connectivity index (χ1v) is 8.50. The number of hydrogen-bond acceptors (Lipinski definition) is 4. The molecular weight excluding hydrogens is 276 g/mol. The standard InChI is InChI=1S/C18H30N2O2/c1-3-4-15-22-17-7-5-16(6-8-17)20(2)14-11-18(21)9-12-19-13-10-18/h5-8,19,21H,3-4,9-15H2,1-2H3. The summed E-state index contributed by atoms with van der Waals surface area (Å²) in [7, 11) is 2.08. The molecule has 1 aromatic rings. The third-order valence-electron chi connectivity index (χ3n) is 4.49. The Morgan fingerprint density at radius 2 is 1.91 bits per heavy atom. The van der Waals surface area contributed by atoms with Crippen LogP contribution >= 0.6 is 0 Å². The first-order valence-electron chi connectivity index (χ1n) is 8.50. The zero-order valence-electron chi connectivity index (χ0n) is 14.0. The average molecular weight is 306 g/mol. The second-order valence-corrected chi connectivity index (χ2v) is 6.34. The Kier molecular flexibility index (Phi) is 6.52. The van der Waals surface area contributed by atoms with Gasteiger partial charge in [-0.3, -0.25) is 0 Å². The van der Waals surface area contributed by atoms with Crippen LogP contribution in [0, 0.1) is 0 Å². The molecule has 1 aliphatic heterocycles. The Hall–Kier alpha value is -1.26. The van der Waals surface area contributed by atoms with Crippen LogP contribution in [-0.4, -0.2) is 44.0 Å². The molecule has 0 unspecified atom stereocenters. The maximum atomic E-state index is 10.5. The van der Waals surface area contributed by atoms with Crippen molar-refractivity contribution >= 4 is 5.69 Å². The Morgan fingerprint density at radius 1 is 1.23 bits per heavy atom. The monoisotopic (exact) mass is 306 g/mol. The van der Waals surface area contributed by atoms with E-state index >= 15 is 0 Å². The van der Waals surface area contributed by atoms with Crippen molar-refractivity contribution < 1.29 is 9.84 Å². The van der Waals surface area contributed by atoms with Crippen molar-refractivity contribution in [3.05, 3.63) is 24.3 Å². The third-order valence-corrected chi connectivity index (χ3v) is 4.49. The molecule has 0 atom stereocenters. The Labute approximate surface area is 134 Å². The number of hydrogen-bond donors (Lipinski definition) is 2. The predicted molar refractivity (Wildman–Crippen MR) is 91.8 cm³/mol. The second-order valence-electron chi connectivity index (χ2n) is 6.34. The van der Waals surface area contributed by atoms with Crippen LogP contribution in [0.4, 0.5) is 5.69 Å². The summed E-state index contributed by atoms with van der Waals surface area (Å²) in [5, 5.41) is 13.8. The van der Waals surface area contributed by atoms with Crippen molar-refractivity contribution in [1.82, 2.24) is 5.32 Å². The largest absolute Gasteiger partial charge is 0.494 e. The molecule has 22 heavy (non-hydrogen) atoms. The van der Waals surface area contributed by atoms with E-state index in [2.05, 4.69) is 36.3 Å². The lowest BCUT2D eigenvalue weighted by Crippen LogP contribution is -2.43. The molecule has 2 rings (SSSR count). The number of aliphatic hydroxyl groups is 1. The molecule has 1 saturated heterocycles. The van der Waals surface area contributed by atoms with Crippen LogP contribution in [0.2, 0.25) is 0 Å². The first-order chi connectivity index (χ1) is 10.6. The zero-order chi connectivity index (χ0) is 15.8. The summed E-state index contributed by atoms with van der Waals surface area (Å²) in [4.78, 5) is 2.20. The van der Waals surface area contributed by atoms with Gasteiger partial charge >= 0.3 is 0 Å². The molecule has 4 nitrogen and oxygen atoms in total. The fraction of sp³-hybridized carbons (Fsp3) is 0.667. The van der Waals surface area contributed by atoms with Gasteiger partial charge in [-0.15, -0.1) is 0 Å². The molecule has 0 spiro atoms. The van der Waals surface area contributed by atoms with Gasteiger partial charge in [-0.1, -0.05) is 13.3 Å². The number of nitrogens with one attached hydrogen (secondary N) is 1. The van der Waals surface area contributed by atoms with Crippen LogP contribution in [0.25, 0.3) is 0 Å². The van der Waals surface area contributed by atoms with Crippen molar-refractivity contribution in [2.24, 2.45) is 0 Å². The zero-order valence-corrected chi connectivity index (χ0v) is 14.0. The highest BCUT2D eigenvalue weighted by atomic mass is 16.5. The normalized spacial score (nSPS) is 17.2. The lowest BCUT2D eigenvalue weighted by Gasteiger charge is -2.34. The van der Waals surface area contributed by atoms with Gasteiger partial charge in [0.1, 0.15) is 5.75 Å². The maximum absolute atomic E-state index is 10.5. The molecule has 0 aromatic heterocycles. The van der Waals surface area contributed by atoms with Gasteiger partial charge in [-0.25, -0.2) is 0 Å². The Balaban J connectivity index is 1.80. The van der Waals surface area contributed by atoms with E-state index in [0.29, 0.717) is 0 Å². The summed E-state index contributed by atoms with van der Waals surface area (Å²) in [6.07, 6.45) is 4.77. The summed E-state index contributed by atoms with van der Waals surface area (Å²) < 4.78 is 5.69. The van der Waals surface area contributed by atoms with Crippen molar-refractivity contribution in [3.8, 4) is 5.75 Å². The van der Waals surface area contributed by atoms with E-state index in [1.807, 2.05) is 12.1 Å². The van der Waals surface area contributed by atoms with Gasteiger partial charge < -0.3 is 20.1 Å². The highest BCUT2D eigenvalue weighted by Crippen LogP contribution is 2.24. The maximum Gasteiger partial charge on any atom is 0.119 e. The minimum absolute atomic E-state index is 0.497. The summed E-state index contributed by atoms with van der Waals surface area (Å²) in [5.41, 5.74) is 0.670. The summed E-state index contributed by atoms with van der Waals surface area (Å²) in [6, 6.07) is 8.24. The second kappa shape index (κ2) is 8.39. The van der Waals surface area contributed by atoms with Crippen LogP contribution in [0.15, 0.2) is 24.3 Å². The van der Waals surface area contributed by atoms with Crippen LogP contribution in [-0.2, 0) is 0 Å². The Bertz CT molecular complexity index is 427. The van der Waals surface area contributed by atoms with Gasteiger partial charge in [0.05, 0.1) is 12.2 Å². The highest BCUT2D eigenvalue weighted by Gasteiger charge is 2.28. The molecule has 2 N–H and O–H groups in total. The number of anilines is 1. The van der Waals surface area contributed by atoms with Crippen molar-refractivity contribution in [3.63, 3.8) is 0 Å². The van der Waals surface area contributed by atoms with Crippen molar-refractivity contribution in [2.75, 3.05) is 38.2 Å². The van der Waals surface area contributed by atoms with Gasteiger partial charge in [0, 0.05) is 19.3 Å². The molecule has 1 fully saturated rings. The molecule has 1 aromatic carbocycles. The number of unbranched alkanes of at least 4 members (excludes halogenated alkanes) is 1. The van der Waals surface area contributed by atoms with E-state index in [1.54, 1.807) is 0 Å². The first kappa shape index (κ1) is 17.1. The van der Waals surface area contributed by atoms with Gasteiger partial charge in [-0.2, -0.15) is 0 Å². The van der Waals surface area contributed by atoms with Crippen LogP contribution < -0.4 is 15.0 Å². The molecule has 1 heterocycles. The van der Waals surface area contributed by atoms with E-state index in [1.165, 1.54) is 5.69 Å². The summed E-state index contributed by atoms with van der Waals surface area (Å²) in [6.45, 7) is 5.66. The van der Waals surface area contributed by atoms with Crippen molar-refractivity contribution in [2.45, 2.75) is 44.6 Å². The SMILES string of the molecule is CCCCOc1ccc(N(C)CCC2(O)CCNCC2)cc1. The minimum Gasteiger partial charge on any atom is -0.494 e. The summed E-state index contributed by atoms with van der Waals surface area (Å²) in [5.74, 6) is 0.933.